The number of nitrogens with zero attached hydrogens (tertiary/aromatic N) is 2. The van der Waals surface area contributed by atoms with Crippen molar-refractivity contribution in [1.29, 1.82) is 0 Å². The molecule has 2 atom stereocenters. The van der Waals surface area contributed by atoms with Gasteiger partial charge in [-0.15, -0.1) is 0 Å². The van der Waals surface area contributed by atoms with Crippen LogP contribution in [0.4, 0.5) is 22.0 Å². The molecule has 1 fully saturated rings. The quantitative estimate of drug-likeness (QED) is 0.381. The summed E-state index contributed by atoms with van der Waals surface area (Å²) in [6.45, 7) is -1.16. The Kier molecular flexibility index (Phi) is 7.03. The van der Waals surface area contributed by atoms with E-state index < -0.39 is 60.5 Å². The number of carbonyl (C=O) groups is 3. The Morgan fingerprint density at radius 3 is 2.53 bits per heavy atom. The molecule has 1 N–H and O–H groups in total. The zero-order valence-electron chi connectivity index (χ0n) is 18.5. The van der Waals surface area contributed by atoms with Crippen molar-refractivity contribution in [1.82, 2.24) is 14.8 Å². The van der Waals surface area contributed by atoms with E-state index in [4.69, 9.17) is 11.6 Å². The van der Waals surface area contributed by atoms with Gasteiger partial charge in [-0.05, 0) is 12.1 Å². The first-order valence-electron chi connectivity index (χ1n) is 10.8. The number of para-hydroxylation sites is 1. The summed E-state index contributed by atoms with van der Waals surface area (Å²) in [5, 5.41) is 2.34. The van der Waals surface area contributed by atoms with Crippen molar-refractivity contribution in [2.24, 2.45) is 0 Å². The molecule has 0 aliphatic carbocycles. The Hall–Kier alpha value is -3.47. The summed E-state index contributed by atoms with van der Waals surface area (Å²) >= 11 is 5.73. The first-order valence-corrected chi connectivity index (χ1v) is 11.2. The Labute approximate surface area is 206 Å². The van der Waals surface area contributed by atoms with Crippen molar-refractivity contribution in [3.8, 4) is 0 Å². The molecule has 36 heavy (non-hydrogen) atoms. The number of carbonyl (C=O) groups excluding carboxylic acids is 3. The lowest BCUT2D eigenvalue weighted by atomic mass is 10.1. The second-order valence-electron chi connectivity index (χ2n) is 8.34. The molecule has 12 heteroatoms. The molecule has 2 amide bonds. The number of ketones is 1. The predicted molar refractivity (Wildman–Crippen MR) is 121 cm³/mol. The van der Waals surface area contributed by atoms with E-state index in [1.807, 2.05) is 0 Å². The third kappa shape index (κ3) is 5.06. The van der Waals surface area contributed by atoms with Crippen LogP contribution >= 0.6 is 11.6 Å². The second kappa shape index (κ2) is 9.88. The number of alkyl halides is 4. The molecule has 1 aliphatic heterocycles. The van der Waals surface area contributed by atoms with Crippen molar-refractivity contribution in [3.63, 3.8) is 0 Å². The Balaban J connectivity index is 1.53. The van der Waals surface area contributed by atoms with Crippen LogP contribution in [-0.2, 0) is 22.7 Å². The Morgan fingerprint density at radius 1 is 1.08 bits per heavy atom. The third-order valence-corrected chi connectivity index (χ3v) is 6.25. The number of halogens is 6. The van der Waals surface area contributed by atoms with Crippen LogP contribution in [0.1, 0.15) is 22.3 Å². The van der Waals surface area contributed by atoms with Crippen LogP contribution in [-0.4, -0.2) is 52.0 Å². The lowest BCUT2D eigenvalue weighted by Gasteiger charge is -2.24. The number of nitrogens with one attached hydrogen (secondary N) is 1. The van der Waals surface area contributed by atoms with Crippen LogP contribution in [0.5, 0.6) is 0 Å². The third-order valence-electron chi connectivity index (χ3n) is 5.95. The first-order chi connectivity index (χ1) is 17.0. The number of likely N-dealkylation sites (tertiary alicyclic amines) is 1. The van der Waals surface area contributed by atoms with Crippen molar-refractivity contribution in [2.45, 2.75) is 37.9 Å². The summed E-state index contributed by atoms with van der Waals surface area (Å²) in [6, 6.07) is 8.81. The minimum Gasteiger partial charge on any atom is -0.350 e. The standard InChI is InChI=1S/C24H19ClF5N3O3/c25-17-6-3-4-13(21(17)27)9-31-23(36)19-8-14(26)10-33(19)20(34)12-32-11-16(22(35)24(28,29)30)15-5-1-2-7-18(15)32/h1-7,11,14,19H,8-10,12H2,(H,31,36)/t14-,19+/m1/s1. The fourth-order valence-electron chi connectivity index (χ4n) is 4.24. The van der Waals surface area contributed by atoms with Crippen LogP contribution in [0.15, 0.2) is 48.7 Å². The molecule has 190 valence electrons. The maximum absolute atomic E-state index is 14.2. The van der Waals surface area contributed by atoms with E-state index in [1.54, 1.807) is 0 Å². The van der Waals surface area contributed by atoms with E-state index in [0.717, 1.165) is 11.1 Å². The summed E-state index contributed by atoms with van der Waals surface area (Å²) in [4.78, 5) is 38.7. The van der Waals surface area contributed by atoms with Crippen LogP contribution in [0, 0.1) is 5.82 Å². The minimum absolute atomic E-state index is 0.00950. The van der Waals surface area contributed by atoms with Gasteiger partial charge >= 0.3 is 6.18 Å². The maximum atomic E-state index is 14.2. The number of hydrogen-bond acceptors (Lipinski definition) is 3. The topological polar surface area (TPSA) is 71.4 Å². The van der Waals surface area contributed by atoms with Gasteiger partial charge in [0.15, 0.2) is 0 Å². The Morgan fingerprint density at radius 2 is 1.81 bits per heavy atom. The number of aromatic nitrogens is 1. The average Bonchev–Trinajstić information content (AvgIpc) is 3.39. The van der Waals surface area contributed by atoms with Crippen LogP contribution in [0.2, 0.25) is 5.02 Å². The van der Waals surface area contributed by atoms with Crippen LogP contribution in [0.25, 0.3) is 10.9 Å². The highest BCUT2D eigenvalue weighted by Gasteiger charge is 2.42. The number of Topliss-reactive ketones (excluding diaryl/α,β-unsaturated/α-hetero) is 1. The van der Waals surface area contributed by atoms with Gasteiger partial charge in [0.25, 0.3) is 5.78 Å². The molecule has 0 radical (unpaired) electrons. The molecule has 0 spiro atoms. The van der Waals surface area contributed by atoms with E-state index in [-0.39, 0.29) is 34.5 Å². The largest absolute Gasteiger partial charge is 0.454 e. The lowest BCUT2D eigenvalue weighted by Crippen LogP contribution is -2.46. The molecule has 0 saturated carbocycles. The van der Waals surface area contributed by atoms with Gasteiger partial charge in [-0.1, -0.05) is 41.9 Å². The number of benzene rings is 2. The van der Waals surface area contributed by atoms with E-state index in [1.165, 1.54) is 47.0 Å². The monoisotopic (exact) mass is 527 g/mol. The van der Waals surface area contributed by atoms with Crippen molar-refractivity contribution < 1.29 is 36.3 Å². The van der Waals surface area contributed by atoms with Gasteiger partial charge in [0.05, 0.1) is 17.1 Å². The molecular formula is C24H19ClF5N3O3. The highest BCUT2D eigenvalue weighted by atomic mass is 35.5. The molecule has 6 nitrogen and oxygen atoms in total. The minimum atomic E-state index is -5.11. The van der Waals surface area contributed by atoms with Gasteiger partial charge in [-0.2, -0.15) is 13.2 Å². The molecular weight excluding hydrogens is 509 g/mol. The number of fused-ring (bicyclic) bond motifs is 1. The first kappa shape index (κ1) is 25.6. The van der Waals surface area contributed by atoms with Gasteiger partial charge < -0.3 is 14.8 Å². The summed E-state index contributed by atoms with van der Waals surface area (Å²) in [5.74, 6) is -4.21. The number of rotatable bonds is 6. The smallest absolute Gasteiger partial charge is 0.350 e. The number of hydrogen-bond donors (Lipinski definition) is 1. The zero-order valence-corrected chi connectivity index (χ0v) is 19.2. The molecule has 1 saturated heterocycles. The van der Waals surface area contributed by atoms with Gasteiger partial charge in [0.2, 0.25) is 11.8 Å². The summed E-state index contributed by atoms with van der Waals surface area (Å²) < 4.78 is 68.7. The van der Waals surface area contributed by atoms with Crippen molar-refractivity contribution in [3.05, 3.63) is 70.6 Å². The summed E-state index contributed by atoms with van der Waals surface area (Å²) in [5.41, 5.74) is -0.315. The van der Waals surface area contributed by atoms with Crippen molar-refractivity contribution >= 4 is 40.1 Å². The fraction of sp³-hybridized carbons (Fsp3) is 0.292. The number of amides is 2. The second-order valence-corrected chi connectivity index (χ2v) is 8.75. The highest BCUT2D eigenvalue weighted by Crippen LogP contribution is 2.29. The summed E-state index contributed by atoms with van der Waals surface area (Å²) in [7, 11) is 0. The SMILES string of the molecule is O=C(NCc1cccc(Cl)c1F)[C@@H]1C[C@@H](F)CN1C(=O)Cn1cc(C(=O)C(F)(F)F)c2ccccc21. The van der Waals surface area contributed by atoms with E-state index in [9.17, 15) is 36.3 Å². The molecule has 1 aromatic heterocycles. The molecule has 0 unspecified atom stereocenters. The maximum Gasteiger partial charge on any atom is 0.454 e. The Bertz CT molecular complexity index is 1340. The van der Waals surface area contributed by atoms with Crippen LogP contribution in [0.3, 0.4) is 0 Å². The normalized spacial score (nSPS) is 18.0. The molecule has 3 aromatic rings. The van der Waals surface area contributed by atoms with Crippen molar-refractivity contribution in [2.75, 3.05) is 6.54 Å². The van der Waals surface area contributed by atoms with E-state index in [0.29, 0.717) is 0 Å². The molecule has 1 aliphatic rings. The fourth-order valence-corrected chi connectivity index (χ4v) is 4.44. The van der Waals surface area contributed by atoms with E-state index >= 15 is 0 Å². The zero-order chi connectivity index (χ0) is 26.2. The molecule has 2 heterocycles. The summed E-state index contributed by atoms with van der Waals surface area (Å²) in [6.07, 6.45) is -5.98. The molecule has 0 bridgehead atoms. The lowest BCUT2D eigenvalue weighted by molar-refractivity contribution is -0.139. The molecule has 4 rings (SSSR count). The van der Waals surface area contributed by atoms with Gasteiger partial charge in [-0.25, -0.2) is 8.78 Å². The van der Waals surface area contributed by atoms with Gasteiger partial charge in [0, 0.05) is 35.6 Å². The van der Waals surface area contributed by atoms with E-state index in [2.05, 4.69) is 5.32 Å². The van der Waals surface area contributed by atoms with Gasteiger partial charge in [-0.3, -0.25) is 14.4 Å². The highest BCUT2D eigenvalue weighted by molar-refractivity contribution is 6.30. The van der Waals surface area contributed by atoms with Gasteiger partial charge in [0.1, 0.15) is 24.6 Å². The average molecular weight is 528 g/mol. The predicted octanol–water partition coefficient (Wildman–Crippen LogP) is 4.43. The van der Waals surface area contributed by atoms with Crippen LogP contribution < -0.4 is 5.32 Å². The molecule has 2 aromatic carbocycles.